The van der Waals surface area contributed by atoms with Gasteiger partial charge in [-0.05, 0) is 18.6 Å². The van der Waals surface area contributed by atoms with Crippen LogP contribution in [0.2, 0.25) is 15.1 Å². The van der Waals surface area contributed by atoms with Gasteiger partial charge in [-0.25, -0.2) is 4.98 Å². The number of hydrogen-bond donors (Lipinski definition) is 2. The monoisotopic (exact) mass is 516 g/mol. The van der Waals surface area contributed by atoms with Gasteiger partial charge in [0.15, 0.2) is 5.43 Å². The number of halogens is 3. The van der Waals surface area contributed by atoms with Gasteiger partial charge in [0.2, 0.25) is 5.88 Å². The van der Waals surface area contributed by atoms with E-state index in [0.717, 1.165) is 0 Å². The lowest BCUT2D eigenvalue weighted by Gasteiger charge is -2.20. The van der Waals surface area contributed by atoms with Crippen molar-refractivity contribution in [2.24, 2.45) is 0 Å². The van der Waals surface area contributed by atoms with Crippen LogP contribution in [0, 0.1) is 0 Å². The third-order valence-corrected chi connectivity index (χ3v) is 5.52. The van der Waals surface area contributed by atoms with Crippen molar-refractivity contribution < 1.29 is 24.4 Å². The Morgan fingerprint density at radius 3 is 2.30 bits per heavy atom. The number of benzene rings is 1. The molecule has 0 spiro atoms. The maximum absolute atomic E-state index is 12.9. The lowest BCUT2D eigenvalue weighted by atomic mass is 10.2. The molecule has 178 valence electrons. The number of pyridine rings is 2. The summed E-state index contributed by atoms with van der Waals surface area (Å²) in [5.74, 6) is 0.0793. The number of aliphatic hydroxyl groups is 2. The highest BCUT2D eigenvalue weighted by Gasteiger charge is 2.21. The van der Waals surface area contributed by atoms with Crippen molar-refractivity contribution in [2.45, 2.75) is 13.0 Å². The number of nitrogens with zero attached hydrogens (tertiary/aromatic N) is 2. The zero-order valence-corrected chi connectivity index (χ0v) is 19.9. The molecule has 11 heteroatoms. The standard InChI is InChI=1S/C22H23Cl3N2O6/c23-15-3-1-4-16(24)20(15)27-14(13-29)11-18(30)19-21(27)17(25)12-26-22(19)33-10-9-32-7-2-6-31-8-5-28/h1,3-4,11-12,28-29H,2,5-10,13H2. The van der Waals surface area contributed by atoms with Crippen LogP contribution in [0.25, 0.3) is 16.6 Å². The van der Waals surface area contributed by atoms with E-state index in [-0.39, 0.29) is 47.3 Å². The average molecular weight is 518 g/mol. The minimum atomic E-state index is -0.447. The molecule has 8 nitrogen and oxygen atoms in total. The van der Waals surface area contributed by atoms with Crippen LogP contribution in [0.5, 0.6) is 5.88 Å². The fraction of sp³-hybridized carbons (Fsp3) is 0.364. The van der Waals surface area contributed by atoms with Gasteiger partial charge >= 0.3 is 0 Å². The summed E-state index contributed by atoms with van der Waals surface area (Å²) in [6.45, 7) is 1.20. The van der Waals surface area contributed by atoms with Crippen molar-refractivity contribution >= 4 is 45.7 Å². The van der Waals surface area contributed by atoms with Gasteiger partial charge in [-0.1, -0.05) is 40.9 Å². The molecular formula is C22H23Cl3N2O6. The Balaban J connectivity index is 1.89. The Labute approximate surface area is 205 Å². The molecule has 2 aromatic heterocycles. The first-order valence-electron chi connectivity index (χ1n) is 10.2. The third-order valence-electron chi connectivity index (χ3n) is 4.63. The van der Waals surface area contributed by atoms with Crippen LogP contribution in [-0.4, -0.2) is 59.4 Å². The number of rotatable bonds is 12. The molecule has 3 aromatic rings. The third kappa shape index (κ3) is 6.16. The van der Waals surface area contributed by atoms with Gasteiger partial charge in [-0.15, -0.1) is 0 Å². The molecule has 33 heavy (non-hydrogen) atoms. The summed E-state index contributed by atoms with van der Waals surface area (Å²) in [5.41, 5.74) is 0.490. The Morgan fingerprint density at radius 2 is 1.64 bits per heavy atom. The van der Waals surface area contributed by atoms with Crippen molar-refractivity contribution in [3.63, 3.8) is 0 Å². The zero-order valence-electron chi connectivity index (χ0n) is 17.6. The Kier molecular flexibility index (Phi) is 9.76. The fourth-order valence-electron chi connectivity index (χ4n) is 3.25. The summed E-state index contributed by atoms with van der Waals surface area (Å²) < 4.78 is 17.9. The molecule has 0 fully saturated rings. The van der Waals surface area contributed by atoms with Crippen LogP contribution in [0.4, 0.5) is 0 Å². The first kappa shape index (κ1) is 25.7. The average Bonchev–Trinajstić information content (AvgIpc) is 2.80. The molecule has 0 aliphatic rings. The molecule has 0 aliphatic carbocycles. The highest BCUT2D eigenvalue weighted by Crippen LogP contribution is 2.35. The molecule has 0 saturated heterocycles. The topological polar surface area (TPSA) is 103 Å². The smallest absolute Gasteiger partial charge is 0.227 e. The summed E-state index contributed by atoms with van der Waals surface area (Å²) >= 11 is 19.3. The summed E-state index contributed by atoms with van der Waals surface area (Å²) in [7, 11) is 0. The number of aliphatic hydroxyl groups excluding tert-OH is 2. The van der Waals surface area contributed by atoms with Gasteiger partial charge in [-0.2, -0.15) is 0 Å². The second-order valence-electron chi connectivity index (χ2n) is 6.85. The number of ether oxygens (including phenoxy) is 3. The summed E-state index contributed by atoms with van der Waals surface area (Å²) in [6.07, 6.45) is 2.04. The van der Waals surface area contributed by atoms with Crippen LogP contribution in [0.3, 0.4) is 0 Å². The van der Waals surface area contributed by atoms with E-state index >= 15 is 0 Å². The predicted octanol–water partition coefficient (Wildman–Crippen LogP) is 3.63. The Morgan fingerprint density at radius 1 is 0.939 bits per heavy atom. The largest absolute Gasteiger partial charge is 0.475 e. The maximum Gasteiger partial charge on any atom is 0.227 e. The van der Waals surface area contributed by atoms with E-state index in [1.54, 1.807) is 22.8 Å². The molecule has 0 atom stereocenters. The van der Waals surface area contributed by atoms with Gasteiger partial charge in [0.25, 0.3) is 0 Å². The SMILES string of the molecule is O=c1cc(CO)n(-c2c(Cl)cccc2Cl)c2c(Cl)cnc(OCCOCCCOCCO)c12. The van der Waals surface area contributed by atoms with E-state index in [4.69, 9.17) is 54.1 Å². The zero-order chi connectivity index (χ0) is 23.8. The van der Waals surface area contributed by atoms with Gasteiger partial charge in [-0.3, -0.25) is 4.79 Å². The van der Waals surface area contributed by atoms with E-state index in [1.165, 1.54) is 12.3 Å². The molecule has 1 aromatic carbocycles. The first-order chi connectivity index (χ1) is 16.0. The van der Waals surface area contributed by atoms with Crippen LogP contribution >= 0.6 is 34.8 Å². The van der Waals surface area contributed by atoms with Crippen molar-refractivity contribution in [1.82, 2.24) is 9.55 Å². The van der Waals surface area contributed by atoms with E-state index in [2.05, 4.69) is 4.98 Å². The van der Waals surface area contributed by atoms with Gasteiger partial charge in [0, 0.05) is 19.3 Å². The van der Waals surface area contributed by atoms with Crippen molar-refractivity contribution in [2.75, 3.05) is 39.6 Å². The minimum Gasteiger partial charge on any atom is -0.475 e. The first-order valence-corrected chi connectivity index (χ1v) is 11.3. The molecule has 3 rings (SSSR count). The highest BCUT2D eigenvalue weighted by molar-refractivity contribution is 6.38. The van der Waals surface area contributed by atoms with Gasteiger partial charge in [0.1, 0.15) is 12.0 Å². The number of fused-ring (bicyclic) bond motifs is 1. The van der Waals surface area contributed by atoms with Crippen LogP contribution in [-0.2, 0) is 16.1 Å². The quantitative estimate of drug-likeness (QED) is 0.354. The van der Waals surface area contributed by atoms with E-state index in [1.807, 2.05) is 0 Å². The number of hydrogen-bond acceptors (Lipinski definition) is 7. The summed E-state index contributed by atoms with van der Waals surface area (Å²) in [6, 6.07) is 6.25. The van der Waals surface area contributed by atoms with E-state index in [0.29, 0.717) is 42.0 Å². The molecule has 0 aliphatic heterocycles. The molecule has 0 amide bonds. The maximum atomic E-state index is 12.9. The minimum absolute atomic E-state index is 0.0130. The molecule has 2 N–H and O–H groups in total. The second kappa shape index (κ2) is 12.5. The molecule has 0 radical (unpaired) electrons. The lowest BCUT2D eigenvalue weighted by molar-refractivity contribution is 0.0551. The van der Waals surface area contributed by atoms with Crippen LogP contribution in [0.15, 0.2) is 35.3 Å². The van der Waals surface area contributed by atoms with E-state index in [9.17, 15) is 9.90 Å². The summed E-state index contributed by atoms with van der Waals surface area (Å²) in [4.78, 5) is 17.1. The van der Waals surface area contributed by atoms with Crippen molar-refractivity contribution in [3.8, 4) is 11.6 Å². The number of aromatic nitrogens is 2. The van der Waals surface area contributed by atoms with Gasteiger partial charge in [0.05, 0.1) is 64.6 Å². The van der Waals surface area contributed by atoms with Crippen LogP contribution < -0.4 is 10.2 Å². The molecule has 0 bridgehead atoms. The van der Waals surface area contributed by atoms with Crippen molar-refractivity contribution in [3.05, 3.63) is 61.4 Å². The van der Waals surface area contributed by atoms with Crippen LogP contribution in [0.1, 0.15) is 12.1 Å². The highest BCUT2D eigenvalue weighted by atomic mass is 35.5. The lowest BCUT2D eigenvalue weighted by Crippen LogP contribution is -2.17. The number of para-hydroxylation sites is 1. The normalized spacial score (nSPS) is 11.3. The Bertz CT molecular complexity index is 1130. The molecule has 0 unspecified atom stereocenters. The summed E-state index contributed by atoms with van der Waals surface area (Å²) in [5, 5.41) is 19.5. The Hall–Kier alpha value is -1.91. The molecule has 0 saturated carbocycles. The van der Waals surface area contributed by atoms with Crippen molar-refractivity contribution in [1.29, 1.82) is 0 Å². The molecular weight excluding hydrogens is 495 g/mol. The predicted molar refractivity (Wildman–Crippen MR) is 127 cm³/mol. The molecule has 2 heterocycles. The fourth-order valence-corrected chi connectivity index (χ4v) is 4.04. The van der Waals surface area contributed by atoms with Gasteiger partial charge < -0.3 is 29.0 Å². The second-order valence-corrected chi connectivity index (χ2v) is 8.07. The van der Waals surface area contributed by atoms with E-state index < -0.39 is 12.0 Å².